The Morgan fingerprint density at radius 1 is 1.35 bits per heavy atom. The molecule has 0 saturated heterocycles. The molecule has 1 atom stereocenters. The van der Waals surface area contributed by atoms with Gasteiger partial charge >= 0.3 is 0 Å². The third-order valence-electron chi connectivity index (χ3n) is 2.72. The fourth-order valence-corrected chi connectivity index (χ4v) is 1.80. The van der Waals surface area contributed by atoms with Crippen LogP contribution in [0.4, 0.5) is 4.39 Å². The fraction of sp³-hybridized carbons (Fsp3) is 0.154. The van der Waals surface area contributed by atoms with E-state index in [4.69, 9.17) is 17.3 Å². The van der Waals surface area contributed by atoms with Gasteiger partial charge in [0.15, 0.2) is 0 Å². The van der Waals surface area contributed by atoms with E-state index in [0.717, 1.165) is 11.1 Å². The smallest absolute Gasteiger partial charge is 0.142 e. The number of aryl methyl sites for hydroxylation is 1. The van der Waals surface area contributed by atoms with E-state index in [0.29, 0.717) is 5.56 Å². The zero-order valence-corrected chi connectivity index (χ0v) is 10.1. The lowest BCUT2D eigenvalue weighted by Gasteiger charge is -2.14. The molecule has 0 radical (unpaired) electrons. The van der Waals surface area contributed by atoms with E-state index in [-0.39, 0.29) is 5.02 Å². The lowest BCUT2D eigenvalue weighted by atomic mass is 9.98. The second-order valence-corrected chi connectivity index (χ2v) is 4.29. The lowest BCUT2D eigenvalue weighted by Crippen LogP contribution is -2.13. The summed E-state index contributed by atoms with van der Waals surface area (Å²) in [5.74, 6) is -0.457. The summed E-state index contributed by atoms with van der Waals surface area (Å²) in [4.78, 5) is 4.03. The molecule has 2 rings (SSSR count). The molecule has 0 aliphatic heterocycles. The van der Waals surface area contributed by atoms with Crippen LogP contribution in [0.25, 0.3) is 0 Å². The monoisotopic (exact) mass is 250 g/mol. The van der Waals surface area contributed by atoms with Crippen molar-refractivity contribution in [3.8, 4) is 0 Å². The van der Waals surface area contributed by atoms with Crippen LogP contribution < -0.4 is 5.73 Å². The second-order valence-electron chi connectivity index (χ2n) is 3.88. The van der Waals surface area contributed by atoms with Gasteiger partial charge in [-0.2, -0.15) is 0 Å². The number of hydrogen-bond acceptors (Lipinski definition) is 2. The largest absolute Gasteiger partial charge is 0.320 e. The number of hydrogen-bond donors (Lipinski definition) is 1. The molecule has 0 bridgehead atoms. The van der Waals surface area contributed by atoms with Crippen LogP contribution in [-0.2, 0) is 0 Å². The SMILES string of the molecule is Cc1ccncc1C(N)c1ccc(Cl)c(F)c1. The average molecular weight is 251 g/mol. The minimum Gasteiger partial charge on any atom is -0.320 e. The van der Waals surface area contributed by atoms with Crippen LogP contribution in [0.1, 0.15) is 22.7 Å². The molecule has 0 saturated carbocycles. The second kappa shape index (κ2) is 4.82. The Bertz CT molecular complexity index is 543. The number of benzene rings is 1. The molecular formula is C13H12ClFN2. The maximum atomic E-state index is 13.4. The van der Waals surface area contributed by atoms with Crippen molar-refractivity contribution in [1.29, 1.82) is 0 Å². The van der Waals surface area contributed by atoms with Crippen molar-refractivity contribution in [1.82, 2.24) is 4.98 Å². The van der Waals surface area contributed by atoms with Crippen molar-refractivity contribution in [3.63, 3.8) is 0 Å². The Morgan fingerprint density at radius 3 is 2.76 bits per heavy atom. The van der Waals surface area contributed by atoms with Crippen molar-refractivity contribution in [2.45, 2.75) is 13.0 Å². The predicted octanol–water partition coefficient (Wildman–Crippen LogP) is 3.23. The molecule has 17 heavy (non-hydrogen) atoms. The first-order valence-electron chi connectivity index (χ1n) is 5.20. The summed E-state index contributed by atoms with van der Waals surface area (Å²) in [6.07, 6.45) is 3.40. The summed E-state index contributed by atoms with van der Waals surface area (Å²) in [6.45, 7) is 1.95. The number of aromatic nitrogens is 1. The summed E-state index contributed by atoms with van der Waals surface area (Å²) in [6, 6.07) is 6.08. The number of halogens is 2. The van der Waals surface area contributed by atoms with Crippen LogP contribution in [0, 0.1) is 12.7 Å². The Balaban J connectivity index is 2.40. The highest BCUT2D eigenvalue weighted by molar-refractivity contribution is 6.30. The molecule has 1 heterocycles. The highest BCUT2D eigenvalue weighted by atomic mass is 35.5. The van der Waals surface area contributed by atoms with E-state index in [1.807, 2.05) is 13.0 Å². The molecule has 2 aromatic rings. The first-order chi connectivity index (χ1) is 8.09. The Labute approximate surface area is 104 Å². The van der Waals surface area contributed by atoms with Crippen LogP contribution in [0.2, 0.25) is 5.02 Å². The number of rotatable bonds is 2. The van der Waals surface area contributed by atoms with Crippen LogP contribution in [0.3, 0.4) is 0 Å². The summed E-state index contributed by atoms with van der Waals surface area (Å²) < 4.78 is 13.4. The Kier molecular flexibility index (Phi) is 3.41. The third kappa shape index (κ3) is 2.46. The van der Waals surface area contributed by atoms with Crippen LogP contribution in [0.5, 0.6) is 0 Å². The normalized spacial score (nSPS) is 12.5. The quantitative estimate of drug-likeness (QED) is 0.889. The molecule has 0 aliphatic rings. The molecule has 0 fully saturated rings. The summed E-state index contributed by atoms with van der Waals surface area (Å²) >= 11 is 5.63. The highest BCUT2D eigenvalue weighted by Crippen LogP contribution is 2.24. The molecular weight excluding hydrogens is 239 g/mol. The van der Waals surface area contributed by atoms with Gasteiger partial charge in [-0.3, -0.25) is 4.98 Å². The summed E-state index contributed by atoms with van der Waals surface area (Å²) in [7, 11) is 0. The van der Waals surface area contributed by atoms with Gasteiger partial charge in [0.25, 0.3) is 0 Å². The minimum atomic E-state index is -0.457. The van der Waals surface area contributed by atoms with Gasteiger partial charge in [0.1, 0.15) is 5.82 Å². The van der Waals surface area contributed by atoms with E-state index in [1.165, 1.54) is 12.1 Å². The van der Waals surface area contributed by atoms with Crippen LogP contribution in [0.15, 0.2) is 36.7 Å². The summed E-state index contributed by atoms with van der Waals surface area (Å²) in [5.41, 5.74) is 8.68. The number of nitrogens with two attached hydrogens (primary N) is 1. The molecule has 0 amide bonds. The van der Waals surface area contributed by atoms with Crippen molar-refractivity contribution in [2.24, 2.45) is 5.73 Å². The van der Waals surface area contributed by atoms with E-state index >= 15 is 0 Å². The topological polar surface area (TPSA) is 38.9 Å². The molecule has 1 aromatic heterocycles. The van der Waals surface area contributed by atoms with E-state index < -0.39 is 11.9 Å². The van der Waals surface area contributed by atoms with E-state index in [1.54, 1.807) is 18.5 Å². The third-order valence-corrected chi connectivity index (χ3v) is 3.02. The van der Waals surface area contributed by atoms with E-state index in [2.05, 4.69) is 4.98 Å². The van der Waals surface area contributed by atoms with Gasteiger partial charge < -0.3 is 5.73 Å². The lowest BCUT2D eigenvalue weighted by molar-refractivity contribution is 0.624. The van der Waals surface area contributed by atoms with Gasteiger partial charge in [0.05, 0.1) is 11.1 Å². The molecule has 88 valence electrons. The molecule has 4 heteroatoms. The molecule has 2 N–H and O–H groups in total. The molecule has 0 aliphatic carbocycles. The first-order valence-corrected chi connectivity index (χ1v) is 5.58. The predicted molar refractivity (Wildman–Crippen MR) is 66.4 cm³/mol. The van der Waals surface area contributed by atoms with Crippen molar-refractivity contribution >= 4 is 11.6 Å². The minimum absolute atomic E-state index is 0.101. The number of nitrogens with zero attached hydrogens (tertiary/aromatic N) is 1. The maximum absolute atomic E-state index is 13.4. The first kappa shape index (κ1) is 12.0. The van der Waals surface area contributed by atoms with Crippen molar-refractivity contribution < 1.29 is 4.39 Å². The van der Waals surface area contributed by atoms with Gasteiger partial charge in [0.2, 0.25) is 0 Å². The Morgan fingerprint density at radius 2 is 2.12 bits per heavy atom. The fourth-order valence-electron chi connectivity index (χ4n) is 1.69. The Hall–Kier alpha value is -1.45. The van der Waals surface area contributed by atoms with Crippen molar-refractivity contribution in [2.75, 3.05) is 0 Å². The highest BCUT2D eigenvalue weighted by Gasteiger charge is 2.13. The van der Waals surface area contributed by atoms with Crippen LogP contribution >= 0.6 is 11.6 Å². The zero-order valence-electron chi connectivity index (χ0n) is 9.32. The number of pyridine rings is 1. The summed E-state index contributed by atoms with van der Waals surface area (Å²) in [5, 5.41) is 0.101. The van der Waals surface area contributed by atoms with Crippen molar-refractivity contribution in [3.05, 3.63) is 64.2 Å². The molecule has 1 aromatic carbocycles. The van der Waals surface area contributed by atoms with Gasteiger partial charge in [-0.25, -0.2) is 4.39 Å². The van der Waals surface area contributed by atoms with Gasteiger partial charge in [0, 0.05) is 12.4 Å². The molecule has 0 spiro atoms. The van der Waals surface area contributed by atoms with Gasteiger partial charge in [-0.1, -0.05) is 17.7 Å². The van der Waals surface area contributed by atoms with E-state index in [9.17, 15) is 4.39 Å². The zero-order chi connectivity index (χ0) is 12.4. The molecule has 1 unspecified atom stereocenters. The molecule has 2 nitrogen and oxygen atoms in total. The van der Waals surface area contributed by atoms with Gasteiger partial charge in [-0.15, -0.1) is 0 Å². The standard InChI is InChI=1S/C13H12ClFN2/c1-8-4-5-17-7-10(8)13(16)9-2-3-11(14)12(15)6-9/h2-7,13H,16H2,1H3. The van der Waals surface area contributed by atoms with Gasteiger partial charge in [-0.05, 0) is 41.8 Å². The van der Waals surface area contributed by atoms with Crippen LogP contribution in [-0.4, -0.2) is 4.98 Å². The average Bonchev–Trinajstić information content (AvgIpc) is 2.32. The maximum Gasteiger partial charge on any atom is 0.142 e.